The fourth-order valence-corrected chi connectivity index (χ4v) is 2.63. The van der Waals surface area contributed by atoms with Gasteiger partial charge in [0.1, 0.15) is 5.82 Å². The number of benzene rings is 2. The van der Waals surface area contributed by atoms with Crippen LogP contribution < -0.4 is 5.32 Å². The second-order valence-corrected chi connectivity index (χ2v) is 5.73. The van der Waals surface area contributed by atoms with E-state index in [1.54, 1.807) is 30.7 Å². The second kappa shape index (κ2) is 7.38. The van der Waals surface area contributed by atoms with Crippen LogP contribution >= 0.6 is 0 Å². The van der Waals surface area contributed by atoms with E-state index in [-0.39, 0.29) is 18.4 Å². The van der Waals surface area contributed by atoms with E-state index in [1.165, 1.54) is 6.07 Å². The van der Waals surface area contributed by atoms with Crippen LogP contribution in [0.15, 0.2) is 67.3 Å². The Bertz CT molecular complexity index is 789. The number of aliphatic hydroxyl groups excluding tert-OH is 1. The Balaban J connectivity index is 1.66. The lowest BCUT2D eigenvalue weighted by atomic mass is 10.1. The second-order valence-electron chi connectivity index (χ2n) is 5.73. The first-order chi connectivity index (χ1) is 11.6. The van der Waals surface area contributed by atoms with Crippen LogP contribution in [0.5, 0.6) is 0 Å². The molecule has 124 valence electrons. The first kappa shape index (κ1) is 16.4. The highest BCUT2D eigenvalue weighted by molar-refractivity contribution is 5.37. The molecule has 0 aliphatic rings. The highest BCUT2D eigenvalue weighted by Crippen LogP contribution is 2.19. The molecule has 0 radical (unpaired) electrons. The van der Waals surface area contributed by atoms with Gasteiger partial charge in [-0.25, -0.2) is 9.37 Å². The third-order valence-electron chi connectivity index (χ3n) is 4.05. The molecule has 1 aromatic heterocycles. The summed E-state index contributed by atoms with van der Waals surface area (Å²) in [6.07, 6.45) is 4.49. The molecule has 5 heteroatoms. The van der Waals surface area contributed by atoms with Gasteiger partial charge in [0.15, 0.2) is 0 Å². The topological polar surface area (TPSA) is 50.1 Å². The van der Waals surface area contributed by atoms with Crippen molar-refractivity contribution in [2.45, 2.75) is 19.1 Å². The third-order valence-corrected chi connectivity index (χ3v) is 4.05. The van der Waals surface area contributed by atoms with Crippen LogP contribution in [0.4, 0.5) is 4.39 Å². The van der Waals surface area contributed by atoms with Crippen LogP contribution in [0, 0.1) is 5.82 Å². The molecule has 0 aliphatic carbocycles. The van der Waals surface area contributed by atoms with Crippen molar-refractivity contribution < 1.29 is 9.50 Å². The van der Waals surface area contributed by atoms with E-state index in [2.05, 4.69) is 16.4 Å². The molecule has 0 bridgehead atoms. The number of rotatable bonds is 6. The molecule has 0 amide bonds. The number of imidazole rings is 1. The van der Waals surface area contributed by atoms with Gasteiger partial charge in [-0.05, 0) is 30.7 Å². The molecule has 1 heterocycles. The smallest absolute Gasteiger partial charge is 0.129 e. The van der Waals surface area contributed by atoms with Crippen LogP contribution in [0.25, 0.3) is 5.69 Å². The summed E-state index contributed by atoms with van der Waals surface area (Å²) in [7, 11) is 0. The van der Waals surface area contributed by atoms with Crippen molar-refractivity contribution in [3.63, 3.8) is 0 Å². The largest absolute Gasteiger partial charge is 0.387 e. The minimum atomic E-state index is -0.884. The zero-order chi connectivity index (χ0) is 16.9. The lowest BCUT2D eigenvalue weighted by Gasteiger charge is -2.19. The Kier molecular flexibility index (Phi) is 5.03. The Morgan fingerprint density at radius 2 is 2.04 bits per heavy atom. The van der Waals surface area contributed by atoms with Gasteiger partial charge in [-0.15, -0.1) is 0 Å². The fourth-order valence-electron chi connectivity index (χ4n) is 2.63. The highest BCUT2D eigenvalue weighted by atomic mass is 19.1. The number of halogens is 1. The van der Waals surface area contributed by atoms with Gasteiger partial charge in [0.25, 0.3) is 0 Å². The molecule has 0 saturated heterocycles. The number of hydrogen-bond acceptors (Lipinski definition) is 3. The van der Waals surface area contributed by atoms with E-state index in [0.29, 0.717) is 5.56 Å². The van der Waals surface area contributed by atoms with Crippen molar-refractivity contribution >= 4 is 0 Å². The Morgan fingerprint density at radius 1 is 1.21 bits per heavy atom. The van der Waals surface area contributed by atoms with E-state index in [4.69, 9.17) is 0 Å². The van der Waals surface area contributed by atoms with Gasteiger partial charge in [-0.2, -0.15) is 0 Å². The minimum absolute atomic E-state index is 0.0231. The normalized spacial score (nSPS) is 13.6. The predicted molar refractivity (Wildman–Crippen MR) is 91.3 cm³/mol. The van der Waals surface area contributed by atoms with E-state index in [9.17, 15) is 9.50 Å². The first-order valence-electron chi connectivity index (χ1n) is 7.89. The Hall–Kier alpha value is -2.50. The SMILES string of the molecule is CC(NCC(O)c1ccccc1F)c1cccc(-n2ccnc2)c1. The average molecular weight is 325 g/mol. The monoisotopic (exact) mass is 325 g/mol. The van der Waals surface area contributed by atoms with E-state index >= 15 is 0 Å². The molecule has 3 aromatic rings. The highest BCUT2D eigenvalue weighted by Gasteiger charge is 2.14. The van der Waals surface area contributed by atoms with Gasteiger partial charge in [0.05, 0.1) is 12.4 Å². The maximum absolute atomic E-state index is 13.7. The first-order valence-corrected chi connectivity index (χ1v) is 7.89. The Labute approximate surface area is 140 Å². The summed E-state index contributed by atoms with van der Waals surface area (Å²) in [6.45, 7) is 2.29. The summed E-state index contributed by atoms with van der Waals surface area (Å²) < 4.78 is 15.6. The van der Waals surface area contributed by atoms with Crippen molar-refractivity contribution in [3.8, 4) is 5.69 Å². The van der Waals surface area contributed by atoms with Gasteiger partial charge in [-0.3, -0.25) is 0 Å². The molecule has 2 N–H and O–H groups in total. The number of nitrogens with one attached hydrogen (secondary N) is 1. The number of aliphatic hydroxyl groups is 1. The molecule has 2 atom stereocenters. The maximum atomic E-state index is 13.7. The lowest BCUT2D eigenvalue weighted by molar-refractivity contribution is 0.166. The minimum Gasteiger partial charge on any atom is -0.387 e. The zero-order valence-corrected chi connectivity index (χ0v) is 13.4. The van der Waals surface area contributed by atoms with Gasteiger partial charge >= 0.3 is 0 Å². The molecular formula is C19H20FN3O. The van der Waals surface area contributed by atoms with E-state index in [0.717, 1.165) is 11.3 Å². The third kappa shape index (κ3) is 3.69. The summed E-state index contributed by atoms with van der Waals surface area (Å²) >= 11 is 0. The van der Waals surface area contributed by atoms with Gasteiger partial charge < -0.3 is 15.0 Å². The van der Waals surface area contributed by atoms with Crippen molar-refractivity contribution in [2.75, 3.05) is 6.54 Å². The number of hydrogen-bond donors (Lipinski definition) is 2. The summed E-state index contributed by atoms with van der Waals surface area (Å²) in [5.74, 6) is -0.387. The van der Waals surface area contributed by atoms with Crippen LogP contribution in [0.1, 0.15) is 30.2 Å². The Morgan fingerprint density at radius 3 is 2.79 bits per heavy atom. The molecule has 0 aliphatic heterocycles. The molecule has 2 unspecified atom stereocenters. The quantitative estimate of drug-likeness (QED) is 0.730. The molecule has 4 nitrogen and oxygen atoms in total. The summed E-state index contributed by atoms with van der Waals surface area (Å²) in [5, 5.41) is 13.4. The van der Waals surface area contributed by atoms with Crippen LogP contribution in [0.2, 0.25) is 0 Å². The van der Waals surface area contributed by atoms with Crippen molar-refractivity contribution in [2.24, 2.45) is 0 Å². The maximum Gasteiger partial charge on any atom is 0.129 e. The predicted octanol–water partition coefficient (Wildman–Crippen LogP) is 3.40. The number of nitrogens with zero attached hydrogens (tertiary/aromatic N) is 2. The van der Waals surface area contributed by atoms with Crippen molar-refractivity contribution in [3.05, 3.63) is 84.2 Å². The molecule has 0 saturated carbocycles. The van der Waals surface area contributed by atoms with E-state index in [1.807, 2.05) is 35.9 Å². The summed E-state index contributed by atoms with van der Waals surface area (Å²) in [5.41, 5.74) is 2.42. The lowest BCUT2D eigenvalue weighted by Crippen LogP contribution is -2.25. The molecule has 24 heavy (non-hydrogen) atoms. The van der Waals surface area contributed by atoms with Crippen LogP contribution in [0.3, 0.4) is 0 Å². The van der Waals surface area contributed by atoms with Crippen LogP contribution in [-0.2, 0) is 0 Å². The fraction of sp³-hybridized carbons (Fsp3) is 0.211. The molecule has 0 fully saturated rings. The molecule has 3 rings (SSSR count). The molecule has 0 spiro atoms. The van der Waals surface area contributed by atoms with Gasteiger partial charge in [-0.1, -0.05) is 30.3 Å². The van der Waals surface area contributed by atoms with Gasteiger partial charge in [0.2, 0.25) is 0 Å². The van der Waals surface area contributed by atoms with E-state index < -0.39 is 6.10 Å². The standard InChI is InChI=1S/C19H20FN3O/c1-14(22-12-19(24)17-7-2-3-8-18(17)20)15-5-4-6-16(11-15)23-10-9-21-13-23/h2-11,13-14,19,22,24H,12H2,1H3. The van der Waals surface area contributed by atoms with Crippen molar-refractivity contribution in [1.29, 1.82) is 0 Å². The number of aromatic nitrogens is 2. The summed E-state index contributed by atoms with van der Waals surface area (Å²) in [6, 6.07) is 14.4. The van der Waals surface area contributed by atoms with Gasteiger partial charge in [0, 0.05) is 36.2 Å². The molecule has 2 aromatic carbocycles. The molecular weight excluding hydrogens is 305 g/mol. The summed E-state index contributed by atoms with van der Waals surface area (Å²) in [4.78, 5) is 4.05. The zero-order valence-electron chi connectivity index (χ0n) is 13.4. The average Bonchev–Trinajstić information content (AvgIpc) is 3.14. The van der Waals surface area contributed by atoms with Crippen LogP contribution in [-0.4, -0.2) is 21.2 Å². The van der Waals surface area contributed by atoms with Crippen molar-refractivity contribution in [1.82, 2.24) is 14.9 Å².